The lowest BCUT2D eigenvalue weighted by molar-refractivity contribution is -0.113. The van der Waals surface area contributed by atoms with Crippen LogP contribution in [0.5, 0.6) is 17.2 Å². The van der Waals surface area contributed by atoms with Gasteiger partial charge in [-0.3, -0.25) is 9.59 Å². The molecule has 0 aliphatic rings. The fourth-order valence-electron chi connectivity index (χ4n) is 3.52. The van der Waals surface area contributed by atoms with E-state index in [1.54, 1.807) is 53.1 Å². The maximum absolute atomic E-state index is 12.9. The van der Waals surface area contributed by atoms with Crippen LogP contribution in [0.4, 0.5) is 11.4 Å². The van der Waals surface area contributed by atoms with Crippen molar-refractivity contribution >= 4 is 46.3 Å². The minimum Gasteiger partial charge on any atom is -0.508 e. The number of nitrogens with one attached hydrogen (secondary N) is 2. The fraction of sp³-hybridized carbons (Fsp3) is 0.231. The van der Waals surface area contributed by atoms with Crippen LogP contribution in [0.2, 0.25) is 0 Å². The molecule has 2 aromatic heterocycles. The first-order chi connectivity index (χ1) is 18.4. The number of thiophene rings is 1. The van der Waals surface area contributed by atoms with Gasteiger partial charge in [-0.1, -0.05) is 17.8 Å². The zero-order valence-electron chi connectivity index (χ0n) is 21.1. The highest BCUT2D eigenvalue weighted by molar-refractivity contribution is 7.99. The number of phenols is 1. The van der Waals surface area contributed by atoms with Crippen LogP contribution in [0.1, 0.15) is 23.5 Å². The second kappa shape index (κ2) is 12.5. The van der Waals surface area contributed by atoms with Gasteiger partial charge >= 0.3 is 0 Å². The number of carbonyl (C=O) groups is 2. The van der Waals surface area contributed by atoms with Gasteiger partial charge in [0.15, 0.2) is 11.0 Å². The highest BCUT2D eigenvalue weighted by Gasteiger charge is 2.18. The Morgan fingerprint density at radius 1 is 1.00 bits per heavy atom. The number of aromatic hydroxyl groups is 1. The number of nitrogens with zero attached hydrogens (tertiary/aromatic N) is 3. The molecule has 4 aromatic rings. The van der Waals surface area contributed by atoms with Gasteiger partial charge < -0.3 is 29.8 Å². The summed E-state index contributed by atoms with van der Waals surface area (Å²) in [7, 11) is 1.81. The molecule has 2 amide bonds. The Morgan fingerprint density at radius 3 is 2.26 bits per heavy atom. The summed E-state index contributed by atoms with van der Waals surface area (Å²) in [6.45, 7) is 4.41. The quantitative estimate of drug-likeness (QED) is 0.221. The Labute approximate surface area is 228 Å². The molecule has 0 saturated heterocycles. The first-order valence-corrected chi connectivity index (χ1v) is 13.7. The van der Waals surface area contributed by atoms with E-state index in [1.807, 2.05) is 26.3 Å². The summed E-state index contributed by atoms with van der Waals surface area (Å²) < 4.78 is 13.3. The largest absolute Gasteiger partial charge is 0.508 e. The number of thioether (sulfide) groups is 1. The summed E-state index contributed by atoms with van der Waals surface area (Å²) in [6, 6.07) is 13.5. The first-order valence-electron chi connectivity index (χ1n) is 11.8. The summed E-state index contributed by atoms with van der Waals surface area (Å²) in [5.41, 5.74) is 1.67. The van der Waals surface area contributed by atoms with E-state index in [-0.39, 0.29) is 23.3 Å². The van der Waals surface area contributed by atoms with E-state index < -0.39 is 0 Å². The van der Waals surface area contributed by atoms with Crippen LogP contribution in [0.3, 0.4) is 0 Å². The van der Waals surface area contributed by atoms with Crippen LogP contribution in [0.25, 0.3) is 11.4 Å². The Bertz CT molecular complexity index is 1400. The lowest BCUT2D eigenvalue weighted by Crippen LogP contribution is -2.17. The lowest BCUT2D eigenvalue weighted by Gasteiger charge is -2.17. The predicted octanol–water partition coefficient (Wildman–Crippen LogP) is 5.03. The number of ether oxygens (including phenoxy) is 2. The van der Waals surface area contributed by atoms with Crippen molar-refractivity contribution in [2.45, 2.75) is 19.0 Å². The van der Waals surface area contributed by atoms with Gasteiger partial charge in [0.1, 0.15) is 17.2 Å². The Kier molecular flexibility index (Phi) is 8.87. The van der Waals surface area contributed by atoms with Gasteiger partial charge in [0, 0.05) is 24.7 Å². The zero-order valence-corrected chi connectivity index (χ0v) is 22.7. The van der Waals surface area contributed by atoms with E-state index in [0.717, 1.165) is 5.56 Å². The van der Waals surface area contributed by atoms with E-state index in [2.05, 4.69) is 20.8 Å². The standard InChI is InChI=1S/C26H27N5O5S2/c1-4-35-20-14-19(28-25(34)22-7-6-12-37-22)21(36-5-2)13-18(20)27-23(33)15-38-26-30-29-24(31(26)3)16-8-10-17(32)11-9-16/h6-14,32H,4-5,15H2,1-3H3,(H,27,33)(H,28,34). The third-order valence-corrected chi connectivity index (χ3v) is 7.13. The summed E-state index contributed by atoms with van der Waals surface area (Å²) in [4.78, 5) is 26.1. The first kappa shape index (κ1) is 27.0. The third-order valence-electron chi connectivity index (χ3n) is 5.24. The molecular formula is C26H27N5O5S2. The van der Waals surface area contributed by atoms with Crippen molar-refractivity contribution in [2.75, 3.05) is 29.6 Å². The fourth-order valence-corrected chi connectivity index (χ4v) is 4.85. The van der Waals surface area contributed by atoms with Crippen molar-refractivity contribution in [3.63, 3.8) is 0 Å². The number of anilines is 2. The molecule has 0 radical (unpaired) electrons. The van der Waals surface area contributed by atoms with E-state index in [1.165, 1.54) is 23.1 Å². The molecule has 2 aromatic carbocycles. The molecule has 0 fully saturated rings. The molecule has 0 aliphatic carbocycles. The molecule has 0 saturated carbocycles. The molecule has 0 spiro atoms. The molecule has 0 bridgehead atoms. The van der Waals surface area contributed by atoms with Crippen LogP contribution in [-0.2, 0) is 11.8 Å². The van der Waals surface area contributed by atoms with Gasteiger partial charge in [0.2, 0.25) is 5.91 Å². The average molecular weight is 554 g/mol. The molecule has 2 heterocycles. The minimum atomic E-state index is -0.275. The molecule has 4 rings (SSSR count). The number of phenolic OH excluding ortho intramolecular Hbond substituents is 1. The number of benzene rings is 2. The third kappa shape index (κ3) is 6.45. The molecule has 10 nitrogen and oxygen atoms in total. The molecule has 0 unspecified atom stereocenters. The van der Waals surface area contributed by atoms with Crippen LogP contribution in [-0.4, -0.2) is 50.7 Å². The smallest absolute Gasteiger partial charge is 0.265 e. The van der Waals surface area contributed by atoms with E-state index in [4.69, 9.17) is 9.47 Å². The van der Waals surface area contributed by atoms with Gasteiger partial charge in [-0.2, -0.15) is 0 Å². The number of hydrogen-bond acceptors (Lipinski definition) is 9. The molecule has 38 heavy (non-hydrogen) atoms. The molecular weight excluding hydrogens is 526 g/mol. The van der Waals surface area contributed by atoms with Crippen molar-refractivity contribution in [1.29, 1.82) is 0 Å². The number of aromatic nitrogens is 3. The minimum absolute atomic E-state index is 0.0773. The summed E-state index contributed by atoms with van der Waals surface area (Å²) in [5, 5.41) is 26.0. The van der Waals surface area contributed by atoms with Crippen molar-refractivity contribution in [1.82, 2.24) is 14.8 Å². The number of amides is 2. The number of rotatable bonds is 11. The van der Waals surface area contributed by atoms with Gasteiger partial charge in [0.25, 0.3) is 5.91 Å². The molecule has 0 aliphatic heterocycles. The van der Waals surface area contributed by atoms with E-state index >= 15 is 0 Å². The number of hydrogen-bond donors (Lipinski definition) is 3. The van der Waals surface area contributed by atoms with Crippen LogP contribution < -0.4 is 20.1 Å². The Morgan fingerprint density at radius 2 is 1.66 bits per heavy atom. The van der Waals surface area contributed by atoms with E-state index in [9.17, 15) is 14.7 Å². The summed E-state index contributed by atoms with van der Waals surface area (Å²) in [6.07, 6.45) is 0. The SMILES string of the molecule is CCOc1cc(NC(=O)c2cccs2)c(OCC)cc1NC(=O)CSc1nnc(-c2ccc(O)cc2)n1C. The van der Waals surface area contributed by atoms with Crippen LogP contribution in [0, 0.1) is 0 Å². The normalized spacial score (nSPS) is 10.7. The monoisotopic (exact) mass is 553 g/mol. The van der Waals surface area contributed by atoms with Crippen molar-refractivity contribution in [3.8, 4) is 28.6 Å². The Hall–Kier alpha value is -4.03. The van der Waals surface area contributed by atoms with Gasteiger partial charge in [-0.05, 0) is 49.6 Å². The zero-order chi connectivity index (χ0) is 27.1. The molecule has 12 heteroatoms. The van der Waals surface area contributed by atoms with Gasteiger partial charge in [-0.15, -0.1) is 21.5 Å². The van der Waals surface area contributed by atoms with Crippen molar-refractivity contribution in [2.24, 2.45) is 7.05 Å². The van der Waals surface area contributed by atoms with E-state index in [0.29, 0.717) is 51.9 Å². The number of carbonyl (C=O) groups excluding carboxylic acids is 2. The van der Waals surface area contributed by atoms with Crippen molar-refractivity contribution < 1.29 is 24.2 Å². The summed E-state index contributed by atoms with van der Waals surface area (Å²) >= 11 is 2.57. The lowest BCUT2D eigenvalue weighted by atomic mass is 10.2. The topological polar surface area (TPSA) is 128 Å². The summed E-state index contributed by atoms with van der Waals surface area (Å²) in [5.74, 6) is 1.15. The van der Waals surface area contributed by atoms with Gasteiger partial charge in [-0.25, -0.2) is 0 Å². The van der Waals surface area contributed by atoms with Crippen LogP contribution >= 0.6 is 23.1 Å². The highest BCUT2D eigenvalue weighted by Crippen LogP contribution is 2.37. The van der Waals surface area contributed by atoms with Crippen molar-refractivity contribution in [3.05, 3.63) is 58.8 Å². The highest BCUT2D eigenvalue weighted by atomic mass is 32.2. The average Bonchev–Trinajstić information content (AvgIpc) is 3.56. The molecule has 3 N–H and O–H groups in total. The maximum Gasteiger partial charge on any atom is 0.265 e. The van der Waals surface area contributed by atoms with Crippen LogP contribution in [0.15, 0.2) is 59.1 Å². The second-order valence-corrected chi connectivity index (χ2v) is 9.78. The molecule has 198 valence electrons. The predicted molar refractivity (Wildman–Crippen MR) is 149 cm³/mol. The maximum atomic E-state index is 12.9. The van der Waals surface area contributed by atoms with Gasteiger partial charge in [0.05, 0.1) is 35.2 Å². The second-order valence-electron chi connectivity index (χ2n) is 7.89. The Balaban J connectivity index is 1.48. The molecule has 0 atom stereocenters.